The van der Waals surface area contributed by atoms with Gasteiger partial charge in [0.15, 0.2) is 0 Å². The van der Waals surface area contributed by atoms with Gasteiger partial charge in [-0.25, -0.2) is 10.1 Å². The molecule has 0 atom stereocenters. The Hall–Kier alpha value is -3.85. The number of benzene rings is 2. The van der Waals surface area contributed by atoms with Crippen molar-refractivity contribution < 1.29 is 0 Å². The van der Waals surface area contributed by atoms with E-state index in [2.05, 4.69) is 51.8 Å². The van der Waals surface area contributed by atoms with Crippen LogP contribution in [0.15, 0.2) is 76.3 Å². The molecule has 4 aromatic rings. The van der Waals surface area contributed by atoms with Gasteiger partial charge in [-0.05, 0) is 55.8 Å². The van der Waals surface area contributed by atoms with Crippen molar-refractivity contribution in [3.8, 4) is 5.95 Å². The van der Waals surface area contributed by atoms with Crippen LogP contribution in [0.1, 0.15) is 17.0 Å². The SMILES string of the molecule is Cc1cc(C)n(-c2nc(N/N=C\C=C\c3ccccc3)nc(Nc3ccc(Br)cc3)n2)n1. The summed E-state index contributed by atoms with van der Waals surface area (Å²) in [6.07, 6.45) is 5.44. The zero-order chi connectivity index (χ0) is 22.3. The molecule has 0 aliphatic carbocycles. The predicted octanol–water partition coefficient (Wildman–Crippen LogP) is 5.29. The van der Waals surface area contributed by atoms with Gasteiger partial charge < -0.3 is 5.32 Å². The molecule has 2 aromatic heterocycles. The molecule has 0 unspecified atom stereocenters. The van der Waals surface area contributed by atoms with E-state index in [0.29, 0.717) is 17.8 Å². The summed E-state index contributed by atoms with van der Waals surface area (Å²) in [5.41, 5.74) is 6.60. The molecule has 0 saturated heterocycles. The van der Waals surface area contributed by atoms with Crippen LogP contribution in [-0.4, -0.2) is 30.9 Å². The summed E-state index contributed by atoms with van der Waals surface area (Å²) in [6.45, 7) is 3.87. The molecule has 0 spiro atoms. The Labute approximate surface area is 194 Å². The second-order valence-corrected chi connectivity index (χ2v) is 7.83. The molecule has 2 aromatic carbocycles. The van der Waals surface area contributed by atoms with Gasteiger partial charge >= 0.3 is 0 Å². The fraction of sp³-hybridized carbons (Fsp3) is 0.0870. The highest BCUT2D eigenvalue weighted by molar-refractivity contribution is 9.10. The summed E-state index contributed by atoms with van der Waals surface area (Å²) in [6, 6.07) is 19.7. The lowest BCUT2D eigenvalue weighted by Crippen LogP contribution is -2.11. The van der Waals surface area contributed by atoms with Crippen LogP contribution in [-0.2, 0) is 0 Å². The van der Waals surface area contributed by atoms with Gasteiger partial charge in [0.1, 0.15) is 0 Å². The maximum Gasteiger partial charge on any atom is 0.257 e. The third kappa shape index (κ3) is 5.64. The van der Waals surface area contributed by atoms with Crippen molar-refractivity contribution in [1.29, 1.82) is 0 Å². The van der Waals surface area contributed by atoms with E-state index in [0.717, 1.165) is 27.1 Å². The van der Waals surface area contributed by atoms with E-state index in [9.17, 15) is 0 Å². The number of allylic oxidation sites excluding steroid dienone is 1. The molecule has 2 N–H and O–H groups in total. The molecule has 32 heavy (non-hydrogen) atoms. The number of aryl methyl sites for hydroxylation is 2. The molecule has 0 aliphatic heterocycles. The number of halogens is 1. The number of anilines is 3. The first kappa shape index (κ1) is 21.4. The van der Waals surface area contributed by atoms with Crippen LogP contribution < -0.4 is 10.7 Å². The van der Waals surface area contributed by atoms with E-state index in [1.807, 2.05) is 86.7 Å². The lowest BCUT2D eigenvalue weighted by atomic mass is 10.2. The van der Waals surface area contributed by atoms with E-state index in [1.54, 1.807) is 10.9 Å². The number of hydrogen-bond donors (Lipinski definition) is 2. The minimum absolute atomic E-state index is 0.298. The van der Waals surface area contributed by atoms with E-state index >= 15 is 0 Å². The van der Waals surface area contributed by atoms with Gasteiger partial charge in [0.05, 0.1) is 5.69 Å². The van der Waals surface area contributed by atoms with Gasteiger partial charge in [-0.1, -0.05) is 52.3 Å². The molecule has 4 rings (SSSR count). The van der Waals surface area contributed by atoms with Crippen LogP contribution >= 0.6 is 15.9 Å². The van der Waals surface area contributed by atoms with Crippen LogP contribution in [0.5, 0.6) is 0 Å². The number of hydrogen-bond acceptors (Lipinski definition) is 7. The molecule has 0 fully saturated rings. The van der Waals surface area contributed by atoms with Crippen molar-refractivity contribution in [3.05, 3.63) is 88.2 Å². The second-order valence-electron chi connectivity index (χ2n) is 6.91. The van der Waals surface area contributed by atoms with E-state index in [-0.39, 0.29) is 0 Å². The molecule has 0 aliphatic rings. The molecular weight excluding hydrogens is 468 g/mol. The van der Waals surface area contributed by atoms with Gasteiger partial charge in [-0.15, -0.1) is 0 Å². The number of aromatic nitrogens is 5. The molecule has 9 heteroatoms. The third-order valence-electron chi connectivity index (χ3n) is 4.34. The average Bonchev–Trinajstić information content (AvgIpc) is 3.14. The lowest BCUT2D eigenvalue weighted by molar-refractivity contribution is 0.767. The fourth-order valence-electron chi connectivity index (χ4n) is 2.92. The number of rotatable bonds is 7. The minimum atomic E-state index is 0.298. The molecule has 2 heterocycles. The smallest absolute Gasteiger partial charge is 0.257 e. The van der Waals surface area contributed by atoms with E-state index in [4.69, 9.17) is 0 Å². The molecular formula is C23H21BrN8. The monoisotopic (exact) mass is 488 g/mol. The average molecular weight is 489 g/mol. The van der Waals surface area contributed by atoms with Crippen molar-refractivity contribution in [2.45, 2.75) is 13.8 Å². The first-order valence-electron chi connectivity index (χ1n) is 9.90. The second kappa shape index (κ2) is 9.97. The Kier molecular flexibility index (Phi) is 6.66. The summed E-state index contributed by atoms with van der Waals surface area (Å²) < 4.78 is 2.66. The maximum atomic E-state index is 4.53. The van der Waals surface area contributed by atoms with Gasteiger partial charge in [-0.2, -0.15) is 25.2 Å². The first-order chi connectivity index (χ1) is 15.6. The Bertz CT molecular complexity index is 1250. The zero-order valence-corrected chi connectivity index (χ0v) is 19.2. The van der Waals surface area contributed by atoms with E-state index in [1.165, 1.54) is 0 Å². The molecule has 0 radical (unpaired) electrons. The molecule has 160 valence electrons. The van der Waals surface area contributed by atoms with Crippen LogP contribution in [0, 0.1) is 13.8 Å². The minimum Gasteiger partial charge on any atom is -0.324 e. The standard InChI is InChI=1S/C23H21BrN8/c1-16-15-17(2)32(31-16)23-28-21(26-20-12-10-19(24)11-13-20)27-22(29-23)30-25-14-6-9-18-7-4-3-5-8-18/h3-15H,1-2H3,(H2,26,27,28,29,30)/b9-6+,25-14-. The van der Waals surface area contributed by atoms with Gasteiger partial charge in [-0.3, -0.25) is 0 Å². The van der Waals surface area contributed by atoms with Crippen molar-refractivity contribution in [3.63, 3.8) is 0 Å². The Morgan fingerprint density at radius 2 is 1.69 bits per heavy atom. The summed E-state index contributed by atoms with van der Waals surface area (Å²) in [7, 11) is 0. The fourth-order valence-corrected chi connectivity index (χ4v) is 3.18. The quantitative estimate of drug-likeness (QED) is 0.271. The predicted molar refractivity (Wildman–Crippen MR) is 131 cm³/mol. The van der Waals surface area contributed by atoms with E-state index < -0.39 is 0 Å². The van der Waals surface area contributed by atoms with Crippen LogP contribution in [0.4, 0.5) is 17.6 Å². The Morgan fingerprint density at radius 1 is 0.938 bits per heavy atom. The van der Waals surface area contributed by atoms with Crippen molar-refractivity contribution >= 4 is 45.8 Å². The summed E-state index contributed by atoms with van der Waals surface area (Å²) in [4.78, 5) is 13.4. The topological polar surface area (TPSA) is 92.9 Å². The number of nitrogens with zero attached hydrogens (tertiary/aromatic N) is 6. The van der Waals surface area contributed by atoms with Crippen LogP contribution in [0.25, 0.3) is 12.0 Å². The molecule has 0 amide bonds. The zero-order valence-electron chi connectivity index (χ0n) is 17.6. The maximum absolute atomic E-state index is 4.53. The third-order valence-corrected chi connectivity index (χ3v) is 4.87. The van der Waals surface area contributed by atoms with Gasteiger partial charge in [0.25, 0.3) is 5.95 Å². The van der Waals surface area contributed by atoms with Gasteiger partial charge in [0.2, 0.25) is 11.9 Å². The van der Waals surface area contributed by atoms with Crippen molar-refractivity contribution in [2.75, 3.05) is 10.7 Å². The van der Waals surface area contributed by atoms with Crippen LogP contribution in [0.3, 0.4) is 0 Å². The highest BCUT2D eigenvalue weighted by atomic mass is 79.9. The highest BCUT2D eigenvalue weighted by Crippen LogP contribution is 2.19. The first-order valence-corrected chi connectivity index (χ1v) is 10.7. The Balaban J connectivity index is 1.58. The summed E-state index contributed by atoms with van der Waals surface area (Å²) >= 11 is 3.44. The Morgan fingerprint density at radius 3 is 2.41 bits per heavy atom. The van der Waals surface area contributed by atoms with Crippen molar-refractivity contribution in [1.82, 2.24) is 24.7 Å². The molecule has 8 nitrogen and oxygen atoms in total. The summed E-state index contributed by atoms with van der Waals surface area (Å²) in [5, 5.41) is 11.9. The van der Waals surface area contributed by atoms with Crippen LogP contribution in [0.2, 0.25) is 0 Å². The summed E-state index contributed by atoms with van der Waals surface area (Å²) in [5.74, 6) is 1.07. The van der Waals surface area contributed by atoms with Crippen molar-refractivity contribution in [2.24, 2.45) is 5.10 Å². The number of nitrogens with one attached hydrogen (secondary N) is 2. The molecule has 0 saturated carbocycles. The normalized spacial score (nSPS) is 11.3. The molecule has 0 bridgehead atoms. The number of hydrazone groups is 1. The highest BCUT2D eigenvalue weighted by Gasteiger charge is 2.12. The van der Waals surface area contributed by atoms with Gasteiger partial charge in [0, 0.05) is 22.1 Å². The lowest BCUT2D eigenvalue weighted by Gasteiger charge is -2.09. The largest absolute Gasteiger partial charge is 0.324 e.